The molecule has 0 aliphatic carbocycles. The average molecular weight is 124 g/mol. The third kappa shape index (κ3) is 0.542. The zero-order chi connectivity index (χ0) is 6.27. The van der Waals surface area contributed by atoms with Gasteiger partial charge in [-0.05, 0) is 0 Å². The van der Waals surface area contributed by atoms with Crippen molar-refractivity contribution < 1.29 is 4.52 Å². The molecule has 0 unspecified atom stereocenters. The second-order valence-electron chi connectivity index (χ2n) is 2.31. The molecule has 3 nitrogen and oxygen atoms in total. The lowest BCUT2D eigenvalue weighted by Gasteiger charge is -2.06. The first-order chi connectivity index (χ1) is 4.38. The fourth-order valence-electron chi connectivity index (χ4n) is 1.13. The first kappa shape index (κ1) is 4.85. The molecule has 1 aromatic rings. The van der Waals surface area contributed by atoms with Crippen LogP contribution in [0.1, 0.15) is 5.76 Å². The van der Waals surface area contributed by atoms with Crippen molar-refractivity contribution in [3.05, 3.63) is 12.0 Å². The lowest BCUT2D eigenvalue weighted by atomic mass is 10.4. The Morgan fingerprint density at radius 1 is 1.78 bits per heavy atom. The number of likely N-dealkylation sites (N-methyl/N-ethyl adjacent to an activating group) is 1. The van der Waals surface area contributed by atoms with Crippen LogP contribution in [0.3, 0.4) is 0 Å². The van der Waals surface area contributed by atoms with E-state index >= 15 is 0 Å². The van der Waals surface area contributed by atoms with E-state index in [1.807, 2.05) is 7.05 Å². The van der Waals surface area contributed by atoms with Crippen LogP contribution in [-0.4, -0.2) is 18.7 Å². The van der Waals surface area contributed by atoms with Gasteiger partial charge in [0.15, 0.2) is 5.76 Å². The number of fused-ring (bicyclic) bond motifs is 1. The molecule has 0 aromatic carbocycles. The van der Waals surface area contributed by atoms with E-state index in [2.05, 4.69) is 10.1 Å². The van der Waals surface area contributed by atoms with Gasteiger partial charge in [0.05, 0.1) is 6.20 Å². The highest BCUT2D eigenvalue weighted by Crippen LogP contribution is 2.24. The monoisotopic (exact) mass is 124 g/mol. The topological polar surface area (TPSA) is 29.3 Å². The quantitative estimate of drug-likeness (QED) is 0.509. The Kier molecular flexibility index (Phi) is 0.806. The van der Waals surface area contributed by atoms with E-state index in [0.29, 0.717) is 0 Å². The third-order valence-corrected chi connectivity index (χ3v) is 1.71. The van der Waals surface area contributed by atoms with Gasteiger partial charge in [-0.1, -0.05) is 5.16 Å². The summed E-state index contributed by atoms with van der Waals surface area (Å²) in [6.45, 7) is 1.07. The summed E-state index contributed by atoms with van der Waals surface area (Å²) in [6, 6.07) is 0. The summed E-state index contributed by atoms with van der Waals surface area (Å²) < 4.78 is 4.95. The molecule has 0 bridgehead atoms. The van der Waals surface area contributed by atoms with Crippen LogP contribution < -0.4 is 4.90 Å². The van der Waals surface area contributed by atoms with Crippen molar-refractivity contribution in [1.29, 1.82) is 0 Å². The molecule has 2 rings (SSSR count). The molecule has 0 saturated heterocycles. The van der Waals surface area contributed by atoms with Gasteiger partial charge in [0.1, 0.15) is 5.69 Å². The number of hydrogen-bond donors (Lipinski definition) is 0. The van der Waals surface area contributed by atoms with Crippen LogP contribution in [0.2, 0.25) is 0 Å². The molecular weight excluding hydrogens is 116 g/mol. The lowest BCUT2D eigenvalue weighted by Crippen LogP contribution is -2.12. The van der Waals surface area contributed by atoms with Crippen molar-refractivity contribution >= 4 is 5.69 Å². The molecule has 3 heteroatoms. The summed E-state index contributed by atoms with van der Waals surface area (Å²) in [5.41, 5.74) is 1.15. The van der Waals surface area contributed by atoms with E-state index < -0.39 is 0 Å². The number of aromatic nitrogens is 1. The van der Waals surface area contributed by atoms with Crippen molar-refractivity contribution in [1.82, 2.24) is 5.16 Å². The largest absolute Gasteiger partial charge is 0.370 e. The Balaban J connectivity index is 2.49. The van der Waals surface area contributed by atoms with E-state index in [1.54, 1.807) is 6.20 Å². The van der Waals surface area contributed by atoms with E-state index in [4.69, 9.17) is 4.52 Å². The summed E-state index contributed by atoms with van der Waals surface area (Å²) in [5, 5.41) is 3.68. The molecule has 1 aliphatic heterocycles. The van der Waals surface area contributed by atoms with Crippen LogP contribution in [0, 0.1) is 0 Å². The van der Waals surface area contributed by atoms with Gasteiger partial charge in [-0.3, -0.25) is 0 Å². The molecule has 9 heavy (non-hydrogen) atoms. The number of hydrogen-bond acceptors (Lipinski definition) is 3. The van der Waals surface area contributed by atoms with Gasteiger partial charge in [0.2, 0.25) is 0 Å². The van der Waals surface area contributed by atoms with Gasteiger partial charge >= 0.3 is 0 Å². The highest BCUT2D eigenvalue weighted by atomic mass is 16.5. The molecule has 2 heterocycles. The minimum atomic E-state index is 1.01. The van der Waals surface area contributed by atoms with Crippen LogP contribution in [0.15, 0.2) is 10.7 Å². The summed E-state index contributed by atoms with van der Waals surface area (Å²) in [5.74, 6) is 1.03. The summed E-state index contributed by atoms with van der Waals surface area (Å²) >= 11 is 0. The fourth-order valence-corrected chi connectivity index (χ4v) is 1.13. The molecule has 0 radical (unpaired) electrons. The van der Waals surface area contributed by atoms with E-state index in [-0.39, 0.29) is 0 Å². The maximum Gasteiger partial charge on any atom is 0.161 e. The maximum absolute atomic E-state index is 4.95. The average Bonchev–Trinajstić information content (AvgIpc) is 2.35. The third-order valence-electron chi connectivity index (χ3n) is 1.71. The van der Waals surface area contributed by atoms with Gasteiger partial charge < -0.3 is 9.42 Å². The zero-order valence-electron chi connectivity index (χ0n) is 5.29. The molecule has 0 spiro atoms. The Bertz CT molecular complexity index is 219. The van der Waals surface area contributed by atoms with E-state index in [1.165, 1.54) is 0 Å². The standard InChI is InChI=1S/C6H8N2O/c1-8-3-2-6-5(8)4-7-9-6/h4H,2-3H2,1H3. The normalized spacial score (nSPS) is 16.3. The van der Waals surface area contributed by atoms with Gasteiger partial charge in [0, 0.05) is 20.0 Å². The molecule has 0 atom stereocenters. The molecule has 1 aromatic heterocycles. The van der Waals surface area contributed by atoms with Gasteiger partial charge in [-0.2, -0.15) is 0 Å². The van der Waals surface area contributed by atoms with Crippen molar-refractivity contribution in [2.24, 2.45) is 0 Å². The smallest absolute Gasteiger partial charge is 0.161 e. The van der Waals surface area contributed by atoms with E-state index in [9.17, 15) is 0 Å². The van der Waals surface area contributed by atoms with Gasteiger partial charge in [-0.15, -0.1) is 0 Å². The lowest BCUT2D eigenvalue weighted by molar-refractivity contribution is 0.389. The Hall–Kier alpha value is -0.990. The molecule has 1 aliphatic rings. The summed E-state index contributed by atoms with van der Waals surface area (Å²) in [6.07, 6.45) is 2.77. The molecule has 0 saturated carbocycles. The zero-order valence-corrected chi connectivity index (χ0v) is 5.29. The van der Waals surface area contributed by atoms with Crippen molar-refractivity contribution in [3.63, 3.8) is 0 Å². The highest BCUT2D eigenvalue weighted by Gasteiger charge is 2.18. The van der Waals surface area contributed by atoms with Crippen molar-refractivity contribution in [2.45, 2.75) is 6.42 Å². The molecule has 0 amide bonds. The van der Waals surface area contributed by atoms with E-state index in [0.717, 1.165) is 24.4 Å². The predicted molar refractivity (Wildman–Crippen MR) is 33.5 cm³/mol. The number of nitrogens with zero attached hydrogens (tertiary/aromatic N) is 2. The van der Waals surface area contributed by atoms with Gasteiger partial charge in [-0.25, -0.2) is 0 Å². The molecular formula is C6H8N2O. The molecule has 0 fully saturated rings. The summed E-state index contributed by atoms with van der Waals surface area (Å²) in [4.78, 5) is 2.14. The highest BCUT2D eigenvalue weighted by molar-refractivity contribution is 5.50. The van der Waals surface area contributed by atoms with Crippen LogP contribution in [0.5, 0.6) is 0 Å². The van der Waals surface area contributed by atoms with Crippen molar-refractivity contribution in [3.8, 4) is 0 Å². The number of rotatable bonds is 0. The van der Waals surface area contributed by atoms with Crippen LogP contribution >= 0.6 is 0 Å². The SMILES string of the molecule is CN1CCc2oncc21. The Morgan fingerprint density at radius 2 is 2.67 bits per heavy atom. The first-order valence-electron chi connectivity index (χ1n) is 3.02. The number of anilines is 1. The maximum atomic E-state index is 4.95. The van der Waals surface area contributed by atoms with Gasteiger partial charge in [0.25, 0.3) is 0 Å². The minimum absolute atomic E-state index is 1.01. The molecule has 0 N–H and O–H groups in total. The van der Waals surface area contributed by atoms with Crippen LogP contribution in [0.25, 0.3) is 0 Å². The van der Waals surface area contributed by atoms with Crippen LogP contribution in [-0.2, 0) is 6.42 Å². The summed E-state index contributed by atoms with van der Waals surface area (Å²) in [7, 11) is 2.04. The minimum Gasteiger partial charge on any atom is -0.370 e. The first-order valence-corrected chi connectivity index (χ1v) is 3.02. The van der Waals surface area contributed by atoms with Crippen molar-refractivity contribution in [2.75, 3.05) is 18.5 Å². The Morgan fingerprint density at radius 3 is 3.44 bits per heavy atom. The predicted octanol–water partition coefficient (Wildman–Crippen LogP) is 0.667. The Labute approximate surface area is 53.2 Å². The second kappa shape index (κ2) is 1.50. The fraction of sp³-hybridized carbons (Fsp3) is 0.500. The molecule has 48 valence electrons. The van der Waals surface area contributed by atoms with Crippen LogP contribution in [0.4, 0.5) is 5.69 Å². The second-order valence-corrected chi connectivity index (χ2v) is 2.31.